The molecule has 0 saturated carbocycles. The fraction of sp³-hybridized carbons (Fsp3) is 0.227. The number of aromatic nitrogens is 2. The second kappa shape index (κ2) is 7.19. The van der Waals surface area contributed by atoms with Crippen molar-refractivity contribution in [1.82, 2.24) is 9.97 Å². The lowest BCUT2D eigenvalue weighted by Gasteiger charge is -2.22. The van der Waals surface area contributed by atoms with Gasteiger partial charge in [-0.3, -0.25) is 4.79 Å². The minimum Gasteiger partial charge on any atom is -0.339 e. The molecule has 2 aromatic carbocycles. The fourth-order valence-electron chi connectivity index (χ4n) is 3.47. The zero-order valence-corrected chi connectivity index (χ0v) is 15.5. The summed E-state index contributed by atoms with van der Waals surface area (Å²) < 4.78 is 0. The van der Waals surface area contributed by atoms with Crippen LogP contribution in [0.25, 0.3) is 0 Å². The summed E-state index contributed by atoms with van der Waals surface area (Å²) in [5.74, 6) is 0.504. The number of benzene rings is 2. The molecule has 2 heterocycles. The topological polar surface area (TPSA) is 58.1 Å². The van der Waals surface area contributed by atoms with Crippen LogP contribution in [0.2, 0.25) is 0 Å². The second-order valence-corrected chi connectivity index (χ2v) is 6.82. The Kier molecular flexibility index (Phi) is 4.59. The standard InChI is InChI=1S/C22H22N4O/c1-3-16-8-10-18(11-9-16)25-21-14-23-19(13-24-21)22(27)26-15(2)12-17-6-4-5-7-20(17)26/h4-11,13-15H,3,12H2,1-2H3,(H,24,25). The Balaban J connectivity index is 1.51. The Morgan fingerprint density at radius 1 is 1.11 bits per heavy atom. The molecule has 5 heteroatoms. The highest BCUT2D eigenvalue weighted by Crippen LogP contribution is 2.32. The molecule has 1 amide bonds. The highest BCUT2D eigenvalue weighted by molar-refractivity contribution is 6.06. The molecule has 1 aromatic heterocycles. The Labute approximate surface area is 159 Å². The number of carbonyl (C=O) groups is 1. The van der Waals surface area contributed by atoms with Gasteiger partial charge in [0.2, 0.25) is 0 Å². The minimum atomic E-state index is -0.112. The number of carbonyl (C=O) groups excluding carboxylic acids is 1. The van der Waals surface area contributed by atoms with Gasteiger partial charge < -0.3 is 10.2 Å². The average Bonchev–Trinajstić information content (AvgIpc) is 3.04. The van der Waals surface area contributed by atoms with E-state index in [1.807, 2.05) is 35.2 Å². The van der Waals surface area contributed by atoms with Gasteiger partial charge in [-0.1, -0.05) is 37.3 Å². The quantitative estimate of drug-likeness (QED) is 0.752. The number of fused-ring (bicyclic) bond motifs is 1. The summed E-state index contributed by atoms with van der Waals surface area (Å²) in [4.78, 5) is 23.5. The SMILES string of the molecule is CCc1ccc(Nc2cnc(C(=O)N3c4ccccc4CC3C)cn2)cc1. The van der Waals surface area contributed by atoms with Crippen molar-refractivity contribution >= 4 is 23.1 Å². The molecule has 136 valence electrons. The molecular weight excluding hydrogens is 336 g/mol. The number of hydrogen-bond acceptors (Lipinski definition) is 4. The van der Waals surface area contributed by atoms with Gasteiger partial charge in [-0.05, 0) is 49.1 Å². The first kappa shape index (κ1) is 17.2. The van der Waals surface area contributed by atoms with Crippen LogP contribution in [0.3, 0.4) is 0 Å². The van der Waals surface area contributed by atoms with Gasteiger partial charge >= 0.3 is 0 Å². The second-order valence-electron chi connectivity index (χ2n) is 6.82. The van der Waals surface area contributed by atoms with Crippen molar-refractivity contribution in [2.75, 3.05) is 10.2 Å². The molecule has 3 aromatic rings. The lowest BCUT2D eigenvalue weighted by Crippen LogP contribution is -2.36. The van der Waals surface area contributed by atoms with Gasteiger partial charge in [-0.25, -0.2) is 9.97 Å². The number of anilines is 3. The van der Waals surface area contributed by atoms with Crippen LogP contribution < -0.4 is 10.2 Å². The van der Waals surface area contributed by atoms with E-state index in [-0.39, 0.29) is 11.9 Å². The van der Waals surface area contributed by atoms with E-state index in [1.165, 1.54) is 11.1 Å². The number of nitrogens with zero attached hydrogens (tertiary/aromatic N) is 3. The Morgan fingerprint density at radius 3 is 2.59 bits per heavy atom. The van der Waals surface area contributed by atoms with Crippen LogP contribution in [0, 0.1) is 0 Å². The van der Waals surface area contributed by atoms with Gasteiger partial charge in [-0.15, -0.1) is 0 Å². The first-order valence-electron chi connectivity index (χ1n) is 9.25. The van der Waals surface area contributed by atoms with Gasteiger partial charge in [0.15, 0.2) is 0 Å². The lowest BCUT2D eigenvalue weighted by atomic mass is 10.1. The molecule has 0 fully saturated rings. The Bertz CT molecular complexity index is 951. The van der Waals surface area contributed by atoms with Gasteiger partial charge in [-0.2, -0.15) is 0 Å². The molecule has 0 radical (unpaired) electrons. The summed E-state index contributed by atoms with van der Waals surface area (Å²) in [6.07, 6.45) is 5.02. The van der Waals surface area contributed by atoms with E-state index < -0.39 is 0 Å². The van der Waals surface area contributed by atoms with Crippen molar-refractivity contribution < 1.29 is 4.79 Å². The zero-order valence-electron chi connectivity index (χ0n) is 15.5. The van der Waals surface area contributed by atoms with E-state index in [0.717, 1.165) is 24.2 Å². The normalized spacial score (nSPS) is 15.5. The first-order valence-corrected chi connectivity index (χ1v) is 9.25. The molecule has 5 nitrogen and oxygen atoms in total. The Morgan fingerprint density at radius 2 is 1.89 bits per heavy atom. The molecular formula is C22H22N4O. The smallest absolute Gasteiger partial charge is 0.278 e. The van der Waals surface area contributed by atoms with Crippen LogP contribution in [0.15, 0.2) is 60.9 Å². The van der Waals surface area contributed by atoms with Crippen LogP contribution >= 0.6 is 0 Å². The number of hydrogen-bond donors (Lipinski definition) is 1. The molecule has 27 heavy (non-hydrogen) atoms. The maximum absolute atomic E-state index is 13.0. The van der Waals surface area contributed by atoms with Crippen molar-refractivity contribution in [2.24, 2.45) is 0 Å². The molecule has 0 saturated heterocycles. The lowest BCUT2D eigenvalue weighted by molar-refractivity contribution is 0.0976. The summed E-state index contributed by atoms with van der Waals surface area (Å²) in [5.41, 5.74) is 4.75. The highest BCUT2D eigenvalue weighted by atomic mass is 16.2. The summed E-state index contributed by atoms with van der Waals surface area (Å²) >= 11 is 0. The third kappa shape index (κ3) is 3.40. The van der Waals surface area contributed by atoms with Gasteiger partial charge in [0.25, 0.3) is 5.91 Å². The van der Waals surface area contributed by atoms with Gasteiger partial charge in [0, 0.05) is 17.4 Å². The monoisotopic (exact) mass is 358 g/mol. The van der Waals surface area contributed by atoms with Crippen LogP contribution in [-0.4, -0.2) is 21.9 Å². The fourth-order valence-corrected chi connectivity index (χ4v) is 3.47. The summed E-state index contributed by atoms with van der Waals surface area (Å²) in [7, 11) is 0. The van der Waals surface area contributed by atoms with E-state index in [0.29, 0.717) is 11.5 Å². The number of amides is 1. The van der Waals surface area contributed by atoms with Crippen molar-refractivity contribution in [2.45, 2.75) is 32.7 Å². The third-order valence-electron chi connectivity index (χ3n) is 4.93. The van der Waals surface area contributed by atoms with E-state index in [2.05, 4.69) is 47.3 Å². The maximum atomic E-state index is 13.0. The predicted molar refractivity (Wildman–Crippen MR) is 108 cm³/mol. The maximum Gasteiger partial charge on any atom is 0.278 e. The van der Waals surface area contributed by atoms with Gasteiger partial charge in [0.1, 0.15) is 11.5 Å². The van der Waals surface area contributed by atoms with Crippen molar-refractivity contribution in [3.05, 3.63) is 77.7 Å². The van der Waals surface area contributed by atoms with Crippen LogP contribution in [0.4, 0.5) is 17.2 Å². The van der Waals surface area contributed by atoms with E-state index in [9.17, 15) is 4.79 Å². The molecule has 0 aliphatic carbocycles. The third-order valence-corrected chi connectivity index (χ3v) is 4.93. The van der Waals surface area contributed by atoms with Crippen LogP contribution in [0.1, 0.15) is 35.5 Å². The van der Waals surface area contributed by atoms with Crippen molar-refractivity contribution in [1.29, 1.82) is 0 Å². The van der Waals surface area contributed by atoms with Crippen molar-refractivity contribution in [3.63, 3.8) is 0 Å². The molecule has 1 aliphatic rings. The largest absolute Gasteiger partial charge is 0.339 e. The minimum absolute atomic E-state index is 0.112. The molecule has 1 aliphatic heterocycles. The van der Waals surface area contributed by atoms with E-state index in [1.54, 1.807) is 12.4 Å². The highest BCUT2D eigenvalue weighted by Gasteiger charge is 2.31. The molecule has 0 spiro atoms. The zero-order chi connectivity index (χ0) is 18.8. The molecule has 1 atom stereocenters. The summed E-state index contributed by atoms with van der Waals surface area (Å²) in [6, 6.07) is 16.3. The number of para-hydroxylation sites is 1. The van der Waals surface area contributed by atoms with Crippen LogP contribution in [-0.2, 0) is 12.8 Å². The number of aryl methyl sites for hydroxylation is 1. The Hall–Kier alpha value is -3.21. The summed E-state index contributed by atoms with van der Waals surface area (Å²) in [5, 5.41) is 3.22. The predicted octanol–water partition coefficient (Wildman–Crippen LogP) is 4.37. The number of nitrogens with one attached hydrogen (secondary N) is 1. The van der Waals surface area contributed by atoms with E-state index >= 15 is 0 Å². The molecule has 1 unspecified atom stereocenters. The average molecular weight is 358 g/mol. The number of rotatable bonds is 4. The molecule has 0 bridgehead atoms. The van der Waals surface area contributed by atoms with Crippen molar-refractivity contribution in [3.8, 4) is 0 Å². The van der Waals surface area contributed by atoms with E-state index in [4.69, 9.17) is 0 Å². The summed E-state index contributed by atoms with van der Waals surface area (Å²) in [6.45, 7) is 4.19. The first-order chi connectivity index (χ1) is 13.2. The van der Waals surface area contributed by atoms with Gasteiger partial charge in [0.05, 0.1) is 12.4 Å². The van der Waals surface area contributed by atoms with Crippen LogP contribution in [0.5, 0.6) is 0 Å². The molecule has 4 rings (SSSR count). The molecule has 1 N–H and O–H groups in total.